The molecule has 0 atom stereocenters. The molecule has 0 spiro atoms. The van der Waals surface area contributed by atoms with Crippen LogP contribution in [0.1, 0.15) is 4.88 Å². The maximum Gasteiger partial charge on any atom is 0.271 e. The van der Waals surface area contributed by atoms with Crippen molar-refractivity contribution in [2.45, 2.75) is 4.21 Å². The van der Waals surface area contributed by atoms with Crippen molar-refractivity contribution in [3.8, 4) is 6.07 Å². The molecule has 3 rings (SSSR count). The first-order valence-electron chi connectivity index (χ1n) is 6.10. The Kier molecular flexibility index (Phi) is 3.37. The highest BCUT2D eigenvalue weighted by molar-refractivity contribution is 7.94. The molecule has 1 heterocycles. The van der Waals surface area contributed by atoms with Crippen molar-refractivity contribution in [3.63, 3.8) is 0 Å². The quantitative estimate of drug-likeness (QED) is 0.803. The fourth-order valence-corrected chi connectivity index (χ4v) is 4.14. The van der Waals surface area contributed by atoms with Gasteiger partial charge in [-0.1, -0.05) is 30.3 Å². The highest BCUT2D eigenvalue weighted by Gasteiger charge is 2.17. The molecule has 0 aliphatic heterocycles. The average Bonchev–Trinajstić information content (AvgIpc) is 2.96. The number of anilines is 1. The van der Waals surface area contributed by atoms with E-state index in [9.17, 15) is 8.42 Å². The fourth-order valence-electron chi connectivity index (χ4n) is 1.98. The topological polar surface area (TPSA) is 70.0 Å². The molecule has 1 aromatic heterocycles. The summed E-state index contributed by atoms with van der Waals surface area (Å²) in [5.74, 6) is 0. The number of benzene rings is 2. The number of thiophene rings is 1. The summed E-state index contributed by atoms with van der Waals surface area (Å²) in [5.41, 5.74) is 0.501. The molecule has 2 aromatic carbocycles. The molecule has 21 heavy (non-hydrogen) atoms. The summed E-state index contributed by atoms with van der Waals surface area (Å²) in [5, 5.41) is 10.8. The number of rotatable bonds is 3. The Morgan fingerprint density at radius 2 is 1.76 bits per heavy atom. The third-order valence-corrected chi connectivity index (χ3v) is 5.82. The molecule has 0 fully saturated rings. The largest absolute Gasteiger partial charge is 0.279 e. The van der Waals surface area contributed by atoms with Crippen molar-refractivity contribution >= 4 is 37.8 Å². The molecular formula is C15H10N2O2S2. The second-order valence-electron chi connectivity index (χ2n) is 4.40. The van der Waals surface area contributed by atoms with Gasteiger partial charge in [0.25, 0.3) is 10.0 Å². The van der Waals surface area contributed by atoms with Gasteiger partial charge in [-0.2, -0.15) is 5.26 Å². The van der Waals surface area contributed by atoms with Crippen molar-refractivity contribution in [1.29, 1.82) is 5.26 Å². The van der Waals surface area contributed by atoms with E-state index in [1.54, 1.807) is 12.1 Å². The zero-order valence-electron chi connectivity index (χ0n) is 10.8. The van der Waals surface area contributed by atoms with Gasteiger partial charge in [0.1, 0.15) is 15.2 Å². The van der Waals surface area contributed by atoms with E-state index in [0.717, 1.165) is 22.1 Å². The molecule has 104 valence electrons. The first kappa shape index (κ1) is 13.6. The van der Waals surface area contributed by atoms with E-state index in [1.165, 1.54) is 12.1 Å². The predicted octanol–water partition coefficient (Wildman–Crippen LogP) is 3.57. The minimum absolute atomic E-state index is 0.132. The van der Waals surface area contributed by atoms with Crippen LogP contribution in [0, 0.1) is 11.3 Å². The molecule has 0 saturated carbocycles. The normalized spacial score (nSPS) is 11.2. The Morgan fingerprint density at radius 3 is 2.48 bits per heavy atom. The third kappa shape index (κ3) is 2.75. The van der Waals surface area contributed by atoms with Crippen LogP contribution in [0.5, 0.6) is 0 Å². The van der Waals surface area contributed by atoms with Gasteiger partial charge in [0.2, 0.25) is 0 Å². The minimum atomic E-state index is -3.65. The molecule has 0 radical (unpaired) electrons. The monoisotopic (exact) mass is 314 g/mol. The number of nitriles is 1. The van der Waals surface area contributed by atoms with E-state index in [1.807, 2.05) is 36.4 Å². The van der Waals surface area contributed by atoms with Crippen LogP contribution in [0.3, 0.4) is 0 Å². The molecule has 0 aliphatic rings. The number of hydrogen-bond donors (Lipinski definition) is 1. The van der Waals surface area contributed by atoms with Gasteiger partial charge in [-0.25, -0.2) is 8.42 Å². The van der Waals surface area contributed by atoms with E-state index >= 15 is 0 Å². The smallest absolute Gasteiger partial charge is 0.271 e. The van der Waals surface area contributed by atoms with Crippen molar-refractivity contribution in [1.82, 2.24) is 0 Å². The lowest BCUT2D eigenvalue weighted by Crippen LogP contribution is -2.11. The maximum atomic E-state index is 12.3. The van der Waals surface area contributed by atoms with Crippen molar-refractivity contribution in [3.05, 3.63) is 59.5 Å². The Balaban J connectivity index is 1.95. The Bertz CT molecular complexity index is 953. The Morgan fingerprint density at radius 1 is 1.00 bits per heavy atom. The van der Waals surface area contributed by atoms with E-state index in [2.05, 4.69) is 4.72 Å². The third-order valence-electron chi connectivity index (χ3n) is 2.96. The highest BCUT2D eigenvalue weighted by atomic mass is 32.2. The van der Waals surface area contributed by atoms with Gasteiger partial charge in [-0.05, 0) is 35.0 Å². The SMILES string of the molecule is N#Cc1ccc(S(=O)(=O)Nc2ccc3ccccc3c2)s1. The second kappa shape index (κ2) is 5.20. The summed E-state index contributed by atoms with van der Waals surface area (Å²) in [4.78, 5) is 0.369. The van der Waals surface area contributed by atoms with Crippen LogP contribution in [0.25, 0.3) is 10.8 Å². The van der Waals surface area contributed by atoms with E-state index < -0.39 is 10.0 Å². The van der Waals surface area contributed by atoms with Crippen LogP contribution in [-0.4, -0.2) is 8.42 Å². The summed E-state index contributed by atoms with van der Waals surface area (Å²) in [6, 6.07) is 18.0. The number of fused-ring (bicyclic) bond motifs is 1. The first-order chi connectivity index (χ1) is 10.1. The van der Waals surface area contributed by atoms with Gasteiger partial charge in [0.15, 0.2) is 0 Å². The minimum Gasteiger partial charge on any atom is -0.279 e. The maximum absolute atomic E-state index is 12.3. The lowest BCUT2D eigenvalue weighted by atomic mass is 10.1. The zero-order valence-corrected chi connectivity index (χ0v) is 12.4. The molecule has 0 bridgehead atoms. The van der Waals surface area contributed by atoms with E-state index in [4.69, 9.17) is 5.26 Å². The van der Waals surface area contributed by atoms with E-state index in [0.29, 0.717) is 10.6 Å². The average molecular weight is 314 g/mol. The summed E-state index contributed by atoms with van der Waals surface area (Å²) < 4.78 is 27.2. The molecule has 0 amide bonds. The molecule has 3 aromatic rings. The Labute approximate surface area is 126 Å². The number of hydrogen-bond acceptors (Lipinski definition) is 4. The number of sulfonamides is 1. The molecule has 0 unspecified atom stereocenters. The molecule has 0 saturated heterocycles. The van der Waals surface area contributed by atoms with E-state index in [-0.39, 0.29) is 4.21 Å². The standard InChI is InChI=1S/C15H10N2O2S2/c16-10-14-7-8-15(20-14)21(18,19)17-13-6-5-11-3-1-2-4-12(11)9-13/h1-9,17H. The molecule has 1 N–H and O–H groups in total. The summed E-state index contributed by atoms with van der Waals surface area (Å²) >= 11 is 0.951. The lowest BCUT2D eigenvalue weighted by molar-refractivity contribution is 0.603. The molecular weight excluding hydrogens is 304 g/mol. The summed E-state index contributed by atoms with van der Waals surface area (Å²) in [6.07, 6.45) is 0. The van der Waals surface area contributed by atoms with Crippen LogP contribution >= 0.6 is 11.3 Å². The molecule has 4 nitrogen and oxygen atoms in total. The van der Waals surface area contributed by atoms with Gasteiger partial charge < -0.3 is 0 Å². The van der Waals surface area contributed by atoms with Crippen molar-refractivity contribution in [2.24, 2.45) is 0 Å². The number of nitrogens with one attached hydrogen (secondary N) is 1. The zero-order chi connectivity index (χ0) is 14.9. The highest BCUT2D eigenvalue weighted by Crippen LogP contribution is 2.25. The van der Waals surface area contributed by atoms with Crippen LogP contribution in [-0.2, 0) is 10.0 Å². The summed E-state index contributed by atoms with van der Waals surface area (Å²) in [6.45, 7) is 0. The van der Waals surface area contributed by atoms with Crippen molar-refractivity contribution in [2.75, 3.05) is 4.72 Å². The van der Waals surface area contributed by atoms with Gasteiger partial charge in [0, 0.05) is 5.69 Å². The van der Waals surface area contributed by atoms with Gasteiger partial charge in [0.05, 0.1) is 0 Å². The summed E-state index contributed by atoms with van der Waals surface area (Å²) in [7, 11) is -3.65. The second-order valence-corrected chi connectivity index (χ2v) is 7.39. The molecule has 0 aliphatic carbocycles. The first-order valence-corrected chi connectivity index (χ1v) is 8.40. The van der Waals surface area contributed by atoms with Crippen LogP contribution in [0.15, 0.2) is 58.8 Å². The van der Waals surface area contributed by atoms with Crippen LogP contribution in [0.2, 0.25) is 0 Å². The predicted molar refractivity (Wildman–Crippen MR) is 83.8 cm³/mol. The number of nitrogens with zero attached hydrogens (tertiary/aromatic N) is 1. The van der Waals surface area contributed by atoms with Crippen molar-refractivity contribution < 1.29 is 8.42 Å². The van der Waals surface area contributed by atoms with Gasteiger partial charge in [-0.3, -0.25) is 4.72 Å². The fraction of sp³-hybridized carbons (Fsp3) is 0. The van der Waals surface area contributed by atoms with Gasteiger partial charge in [-0.15, -0.1) is 11.3 Å². The van der Waals surface area contributed by atoms with Gasteiger partial charge >= 0.3 is 0 Å². The van der Waals surface area contributed by atoms with Crippen LogP contribution in [0.4, 0.5) is 5.69 Å². The lowest BCUT2D eigenvalue weighted by Gasteiger charge is -2.07. The molecule has 6 heteroatoms. The van der Waals surface area contributed by atoms with Crippen LogP contribution < -0.4 is 4.72 Å². The Hall–Kier alpha value is -2.36.